The summed E-state index contributed by atoms with van der Waals surface area (Å²) in [4.78, 5) is 25.3. The monoisotopic (exact) mass is 243 g/mol. The van der Waals surface area contributed by atoms with Crippen molar-refractivity contribution in [1.82, 2.24) is 4.98 Å². The minimum atomic E-state index is -0.669. The third kappa shape index (κ3) is 2.17. The maximum atomic E-state index is 11.2. The molecule has 1 amide bonds. The Morgan fingerprint density at radius 3 is 2.72 bits per heavy atom. The van der Waals surface area contributed by atoms with Crippen molar-refractivity contribution in [3.8, 4) is 11.1 Å². The topological polar surface area (TPSA) is 99.1 Å². The van der Waals surface area contributed by atoms with Gasteiger partial charge in [-0.25, -0.2) is 0 Å². The van der Waals surface area contributed by atoms with Crippen molar-refractivity contribution in [3.05, 3.63) is 58.4 Å². The predicted octanol–water partition coefficient (Wildman–Crippen LogP) is 1.76. The quantitative estimate of drug-likeness (QED) is 0.655. The number of hydrogen-bond donors (Lipinski definition) is 1. The highest BCUT2D eigenvalue weighted by Gasteiger charge is 2.13. The number of nitro benzene ring substituents is 1. The van der Waals surface area contributed by atoms with Gasteiger partial charge in [-0.3, -0.25) is 19.9 Å². The molecule has 0 radical (unpaired) electrons. The highest BCUT2D eigenvalue weighted by atomic mass is 16.6. The van der Waals surface area contributed by atoms with Crippen molar-refractivity contribution in [3.63, 3.8) is 0 Å². The summed E-state index contributed by atoms with van der Waals surface area (Å²) in [7, 11) is 0. The van der Waals surface area contributed by atoms with E-state index in [-0.39, 0.29) is 11.4 Å². The van der Waals surface area contributed by atoms with E-state index in [2.05, 4.69) is 4.98 Å². The molecule has 0 bridgehead atoms. The standard InChI is InChI=1S/C12H9N3O3/c13-12(16)11-10(5-2-6-14-11)8-3-1-4-9(7-8)15(17)18/h1-7H,(H2,13,16). The van der Waals surface area contributed by atoms with E-state index in [9.17, 15) is 14.9 Å². The molecule has 6 heteroatoms. The van der Waals surface area contributed by atoms with Crippen molar-refractivity contribution in [2.24, 2.45) is 5.73 Å². The number of nitrogens with two attached hydrogens (primary N) is 1. The third-order valence-electron chi connectivity index (χ3n) is 2.41. The molecule has 0 unspecified atom stereocenters. The molecule has 2 N–H and O–H groups in total. The van der Waals surface area contributed by atoms with E-state index in [1.165, 1.54) is 18.3 Å². The average molecular weight is 243 g/mol. The van der Waals surface area contributed by atoms with E-state index in [1.54, 1.807) is 24.3 Å². The van der Waals surface area contributed by atoms with Gasteiger partial charge in [-0.15, -0.1) is 0 Å². The maximum absolute atomic E-state index is 11.2. The molecule has 6 nitrogen and oxygen atoms in total. The lowest BCUT2D eigenvalue weighted by molar-refractivity contribution is -0.384. The van der Waals surface area contributed by atoms with E-state index < -0.39 is 10.8 Å². The minimum Gasteiger partial charge on any atom is -0.364 e. The number of nitrogens with zero attached hydrogens (tertiary/aromatic N) is 2. The van der Waals surface area contributed by atoms with Gasteiger partial charge < -0.3 is 5.73 Å². The molecule has 0 spiro atoms. The van der Waals surface area contributed by atoms with E-state index in [0.29, 0.717) is 11.1 Å². The van der Waals surface area contributed by atoms with Crippen molar-refractivity contribution < 1.29 is 9.72 Å². The van der Waals surface area contributed by atoms with Gasteiger partial charge in [0.25, 0.3) is 11.6 Å². The summed E-state index contributed by atoms with van der Waals surface area (Å²) in [6.45, 7) is 0. The Kier molecular flexibility index (Phi) is 3.01. The molecule has 1 aromatic carbocycles. The lowest BCUT2D eigenvalue weighted by Crippen LogP contribution is -2.14. The second-order valence-corrected chi connectivity index (χ2v) is 3.57. The zero-order valence-corrected chi connectivity index (χ0v) is 9.24. The Hall–Kier alpha value is -2.76. The second kappa shape index (κ2) is 4.62. The smallest absolute Gasteiger partial charge is 0.270 e. The zero-order chi connectivity index (χ0) is 13.1. The number of pyridine rings is 1. The lowest BCUT2D eigenvalue weighted by Gasteiger charge is -2.05. The van der Waals surface area contributed by atoms with Gasteiger partial charge in [0.1, 0.15) is 5.69 Å². The number of nitro groups is 1. The summed E-state index contributed by atoms with van der Waals surface area (Å²) < 4.78 is 0. The van der Waals surface area contributed by atoms with Gasteiger partial charge in [0, 0.05) is 23.9 Å². The van der Waals surface area contributed by atoms with Crippen molar-refractivity contribution in [1.29, 1.82) is 0 Å². The van der Waals surface area contributed by atoms with Crippen LogP contribution in [0.15, 0.2) is 42.6 Å². The number of hydrogen-bond acceptors (Lipinski definition) is 4. The summed E-state index contributed by atoms with van der Waals surface area (Å²) in [5.74, 6) is -0.669. The number of rotatable bonds is 3. The largest absolute Gasteiger partial charge is 0.364 e. The summed E-state index contributed by atoms with van der Waals surface area (Å²) in [6.07, 6.45) is 1.45. The number of carbonyl (C=O) groups is 1. The zero-order valence-electron chi connectivity index (χ0n) is 9.24. The first-order valence-electron chi connectivity index (χ1n) is 5.09. The normalized spacial score (nSPS) is 10.0. The molecule has 18 heavy (non-hydrogen) atoms. The summed E-state index contributed by atoms with van der Waals surface area (Å²) in [6, 6.07) is 9.25. The lowest BCUT2D eigenvalue weighted by atomic mass is 10.0. The van der Waals surface area contributed by atoms with Crippen LogP contribution in [0, 0.1) is 10.1 Å². The van der Waals surface area contributed by atoms with Crippen molar-refractivity contribution in [2.75, 3.05) is 0 Å². The fourth-order valence-corrected chi connectivity index (χ4v) is 1.62. The fourth-order valence-electron chi connectivity index (χ4n) is 1.62. The van der Waals surface area contributed by atoms with Crippen LogP contribution in [0.2, 0.25) is 0 Å². The summed E-state index contributed by atoms with van der Waals surface area (Å²) in [5, 5.41) is 10.7. The molecule has 0 aliphatic rings. The van der Waals surface area contributed by atoms with Crippen LogP contribution in [0.1, 0.15) is 10.5 Å². The highest BCUT2D eigenvalue weighted by Crippen LogP contribution is 2.25. The molecule has 1 heterocycles. The first-order chi connectivity index (χ1) is 8.59. The van der Waals surface area contributed by atoms with Gasteiger partial charge in [0.05, 0.1) is 4.92 Å². The van der Waals surface area contributed by atoms with Crippen molar-refractivity contribution >= 4 is 11.6 Å². The Morgan fingerprint density at radius 1 is 1.28 bits per heavy atom. The fraction of sp³-hybridized carbons (Fsp3) is 0. The Morgan fingerprint density at radius 2 is 2.06 bits per heavy atom. The summed E-state index contributed by atoms with van der Waals surface area (Å²) in [5.41, 5.74) is 6.27. The molecule has 2 rings (SSSR count). The molecule has 0 saturated carbocycles. The maximum Gasteiger partial charge on any atom is 0.270 e. The number of aromatic nitrogens is 1. The van der Waals surface area contributed by atoms with Gasteiger partial charge in [-0.05, 0) is 11.6 Å². The molecule has 2 aromatic rings. The number of primary amides is 1. The van der Waals surface area contributed by atoms with Crippen LogP contribution in [0.5, 0.6) is 0 Å². The van der Waals surface area contributed by atoms with E-state index >= 15 is 0 Å². The van der Waals surface area contributed by atoms with Crippen LogP contribution in [0.3, 0.4) is 0 Å². The molecular formula is C12H9N3O3. The van der Waals surface area contributed by atoms with Gasteiger partial charge in [-0.2, -0.15) is 0 Å². The van der Waals surface area contributed by atoms with Crippen LogP contribution >= 0.6 is 0 Å². The molecule has 0 aliphatic carbocycles. The minimum absolute atomic E-state index is 0.0493. The first kappa shape index (κ1) is 11.7. The molecular weight excluding hydrogens is 234 g/mol. The SMILES string of the molecule is NC(=O)c1ncccc1-c1cccc([N+](=O)[O-])c1. The third-order valence-corrected chi connectivity index (χ3v) is 2.41. The van der Waals surface area contributed by atoms with Crippen molar-refractivity contribution in [2.45, 2.75) is 0 Å². The Bertz CT molecular complexity index is 625. The van der Waals surface area contributed by atoms with Gasteiger partial charge in [-0.1, -0.05) is 18.2 Å². The van der Waals surface area contributed by atoms with E-state index in [1.807, 2.05) is 0 Å². The summed E-state index contributed by atoms with van der Waals surface area (Å²) >= 11 is 0. The number of non-ortho nitro benzene ring substituents is 1. The second-order valence-electron chi connectivity index (χ2n) is 3.57. The molecule has 1 aromatic heterocycles. The van der Waals surface area contributed by atoms with Crippen LogP contribution in [-0.2, 0) is 0 Å². The predicted molar refractivity (Wildman–Crippen MR) is 64.8 cm³/mol. The van der Waals surface area contributed by atoms with E-state index in [4.69, 9.17) is 5.73 Å². The van der Waals surface area contributed by atoms with Crippen LogP contribution in [-0.4, -0.2) is 15.8 Å². The highest BCUT2D eigenvalue weighted by molar-refractivity contribution is 5.97. The van der Waals surface area contributed by atoms with Crippen LogP contribution in [0.25, 0.3) is 11.1 Å². The Balaban J connectivity index is 2.58. The number of amides is 1. The van der Waals surface area contributed by atoms with Gasteiger partial charge in [0.2, 0.25) is 0 Å². The number of benzene rings is 1. The average Bonchev–Trinajstić information content (AvgIpc) is 2.39. The van der Waals surface area contributed by atoms with Crippen LogP contribution < -0.4 is 5.73 Å². The van der Waals surface area contributed by atoms with E-state index in [0.717, 1.165) is 0 Å². The Labute approximate surface area is 102 Å². The van der Waals surface area contributed by atoms with Gasteiger partial charge in [0.15, 0.2) is 0 Å². The van der Waals surface area contributed by atoms with Crippen LogP contribution in [0.4, 0.5) is 5.69 Å². The molecule has 90 valence electrons. The molecule has 0 fully saturated rings. The first-order valence-corrected chi connectivity index (χ1v) is 5.09. The van der Waals surface area contributed by atoms with Gasteiger partial charge >= 0.3 is 0 Å². The number of carbonyl (C=O) groups excluding carboxylic acids is 1. The molecule has 0 aliphatic heterocycles. The molecule has 0 saturated heterocycles. The molecule has 0 atom stereocenters.